The molecule has 0 unspecified atom stereocenters. The van der Waals surface area contributed by atoms with Crippen molar-refractivity contribution in [2.24, 2.45) is 5.73 Å². The van der Waals surface area contributed by atoms with Gasteiger partial charge in [0.15, 0.2) is 0 Å². The van der Waals surface area contributed by atoms with Crippen LogP contribution < -0.4 is 5.73 Å². The molecule has 0 amide bonds. The molecule has 0 aliphatic carbocycles. The van der Waals surface area contributed by atoms with Crippen molar-refractivity contribution in [2.45, 2.75) is 26.4 Å². The molecule has 3 heteroatoms. The quantitative estimate of drug-likeness (QED) is 0.759. The fourth-order valence-corrected chi connectivity index (χ4v) is 1.45. The Morgan fingerprint density at radius 3 is 2.80 bits per heavy atom. The first-order chi connectivity index (χ1) is 7.24. The van der Waals surface area contributed by atoms with Gasteiger partial charge < -0.3 is 10.5 Å². The molecule has 0 atom stereocenters. The lowest BCUT2D eigenvalue weighted by Gasteiger charge is -2.05. The molecule has 0 aliphatic rings. The summed E-state index contributed by atoms with van der Waals surface area (Å²) in [4.78, 5) is 0. The summed E-state index contributed by atoms with van der Waals surface area (Å²) >= 11 is 5.93. The van der Waals surface area contributed by atoms with E-state index in [0.29, 0.717) is 6.61 Å². The van der Waals surface area contributed by atoms with Crippen LogP contribution in [0, 0.1) is 6.92 Å². The Morgan fingerprint density at radius 2 is 2.13 bits per heavy atom. The van der Waals surface area contributed by atoms with Gasteiger partial charge in [0.1, 0.15) is 0 Å². The molecule has 0 bridgehead atoms. The Labute approximate surface area is 96.4 Å². The van der Waals surface area contributed by atoms with Gasteiger partial charge in [-0.1, -0.05) is 23.7 Å². The Hall–Kier alpha value is -0.570. The van der Waals surface area contributed by atoms with Crippen LogP contribution in [0.15, 0.2) is 18.2 Å². The first-order valence-corrected chi connectivity index (χ1v) is 5.64. The van der Waals surface area contributed by atoms with Crippen LogP contribution in [0.2, 0.25) is 5.02 Å². The zero-order valence-corrected chi connectivity index (χ0v) is 9.89. The average Bonchev–Trinajstić information content (AvgIpc) is 2.23. The first-order valence-electron chi connectivity index (χ1n) is 5.27. The van der Waals surface area contributed by atoms with Crippen molar-refractivity contribution in [2.75, 3.05) is 13.2 Å². The third-order valence-electron chi connectivity index (χ3n) is 2.23. The van der Waals surface area contributed by atoms with Gasteiger partial charge >= 0.3 is 0 Å². The third kappa shape index (κ3) is 4.65. The van der Waals surface area contributed by atoms with Gasteiger partial charge in [-0.3, -0.25) is 0 Å². The molecule has 0 aliphatic heterocycles. The van der Waals surface area contributed by atoms with E-state index >= 15 is 0 Å². The SMILES string of the molecule is Cc1cc(COCCCCN)ccc1Cl. The van der Waals surface area contributed by atoms with Gasteiger partial charge in [0.25, 0.3) is 0 Å². The van der Waals surface area contributed by atoms with E-state index < -0.39 is 0 Å². The number of unbranched alkanes of at least 4 members (excludes halogenated alkanes) is 1. The Balaban J connectivity index is 2.28. The van der Waals surface area contributed by atoms with E-state index in [9.17, 15) is 0 Å². The first kappa shape index (κ1) is 12.5. The topological polar surface area (TPSA) is 35.2 Å². The number of nitrogens with two attached hydrogens (primary N) is 1. The van der Waals surface area contributed by atoms with Crippen LogP contribution in [-0.4, -0.2) is 13.2 Å². The van der Waals surface area contributed by atoms with E-state index in [1.54, 1.807) is 0 Å². The van der Waals surface area contributed by atoms with Crippen LogP contribution in [-0.2, 0) is 11.3 Å². The lowest BCUT2D eigenvalue weighted by Crippen LogP contribution is -2.02. The number of hydrogen-bond donors (Lipinski definition) is 1. The molecule has 1 aromatic rings. The van der Waals surface area contributed by atoms with Crippen molar-refractivity contribution in [1.29, 1.82) is 0 Å². The van der Waals surface area contributed by atoms with Crippen LogP contribution in [0.4, 0.5) is 0 Å². The minimum Gasteiger partial charge on any atom is -0.377 e. The summed E-state index contributed by atoms with van der Waals surface area (Å²) in [6, 6.07) is 5.97. The van der Waals surface area contributed by atoms with Crippen LogP contribution in [0.3, 0.4) is 0 Å². The monoisotopic (exact) mass is 227 g/mol. The molecule has 0 saturated carbocycles. The molecule has 15 heavy (non-hydrogen) atoms. The average molecular weight is 228 g/mol. The molecule has 0 aromatic heterocycles. The second-order valence-electron chi connectivity index (χ2n) is 3.63. The van der Waals surface area contributed by atoms with E-state index in [1.807, 2.05) is 19.1 Å². The molecule has 1 rings (SSSR count). The van der Waals surface area contributed by atoms with Crippen molar-refractivity contribution in [1.82, 2.24) is 0 Å². The fourth-order valence-electron chi connectivity index (χ4n) is 1.34. The third-order valence-corrected chi connectivity index (χ3v) is 2.66. The maximum atomic E-state index is 5.93. The number of aryl methyl sites for hydroxylation is 1. The van der Waals surface area contributed by atoms with Gasteiger partial charge in [0.2, 0.25) is 0 Å². The lowest BCUT2D eigenvalue weighted by molar-refractivity contribution is 0.117. The van der Waals surface area contributed by atoms with Gasteiger partial charge in [0, 0.05) is 11.6 Å². The minimum absolute atomic E-state index is 0.655. The molecule has 0 radical (unpaired) electrons. The number of halogens is 1. The van der Waals surface area contributed by atoms with E-state index in [-0.39, 0.29) is 0 Å². The van der Waals surface area contributed by atoms with E-state index in [1.165, 1.54) is 5.56 Å². The van der Waals surface area contributed by atoms with Gasteiger partial charge in [-0.25, -0.2) is 0 Å². The maximum Gasteiger partial charge on any atom is 0.0716 e. The standard InChI is InChI=1S/C12H18ClNO/c1-10-8-11(4-5-12(10)13)9-15-7-3-2-6-14/h4-5,8H,2-3,6-7,9,14H2,1H3. The van der Waals surface area contributed by atoms with Crippen molar-refractivity contribution in [3.63, 3.8) is 0 Å². The number of benzene rings is 1. The summed E-state index contributed by atoms with van der Waals surface area (Å²) in [6.07, 6.45) is 2.06. The second-order valence-corrected chi connectivity index (χ2v) is 4.04. The van der Waals surface area contributed by atoms with Crippen LogP contribution in [0.1, 0.15) is 24.0 Å². The number of rotatable bonds is 6. The van der Waals surface area contributed by atoms with Crippen molar-refractivity contribution in [3.8, 4) is 0 Å². The van der Waals surface area contributed by atoms with Crippen LogP contribution in [0.25, 0.3) is 0 Å². The Morgan fingerprint density at radius 1 is 1.33 bits per heavy atom. The second kappa shape index (κ2) is 6.83. The Kier molecular flexibility index (Phi) is 5.69. The zero-order chi connectivity index (χ0) is 11.1. The smallest absolute Gasteiger partial charge is 0.0716 e. The largest absolute Gasteiger partial charge is 0.377 e. The lowest BCUT2D eigenvalue weighted by atomic mass is 10.1. The summed E-state index contributed by atoms with van der Waals surface area (Å²) in [5.41, 5.74) is 7.66. The fraction of sp³-hybridized carbons (Fsp3) is 0.500. The number of hydrogen-bond acceptors (Lipinski definition) is 2. The van der Waals surface area contributed by atoms with E-state index in [4.69, 9.17) is 22.1 Å². The van der Waals surface area contributed by atoms with Crippen LogP contribution in [0.5, 0.6) is 0 Å². The van der Waals surface area contributed by atoms with Gasteiger partial charge in [-0.05, 0) is 43.5 Å². The highest BCUT2D eigenvalue weighted by atomic mass is 35.5. The van der Waals surface area contributed by atoms with Crippen molar-refractivity contribution in [3.05, 3.63) is 34.3 Å². The number of ether oxygens (including phenoxy) is 1. The van der Waals surface area contributed by atoms with Crippen molar-refractivity contribution >= 4 is 11.6 Å². The molecule has 0 saturated heterocycles. The molecule has 1 aromatic carbocycles. The molecule has 2 nitrogen and oxygen atoms in total. The van der Waals surface area contributed by atoms with Crippen LogP contribution >= 0.6 is 11.6 Å². The molecule has 84 valence electrons. The molecule has 0 spiro atoms. The summed E-state index contributed by atoms with van der Waals surface area (Å²) in [6.45, 7) is 4.17. The maximum absolute atomic E-state index is 5.93. The highest BCUT2D eigenvalue weighted by molar-refractivity contribution is 6.31. The highest BCUT2D eigenvalue weighted by Gasteiger charge is 1.97. The zero-order valence-electron chi connectivity index (χ0n) is 9.13. The molecule has 2 N–H and O–H groups in total. The Bertz CT molecular complexity index is 302. The van der Waals surface area contributed by atoms with Gasteiger partial charge in [0.05, 0.1) is 6.61 Å². The predicted molar refractivity (Wildman–Crippen MR) is 64.1 cm³/mol. The predicted octanol–water partition coefficient (Wildman–Crippen LogP) is 2.90. The normalized spacial score (nSPS) is 10.6. The van der Waals surface area contributed by atoms with E-state index in [2.05, 4.69) is 6.07 Å². The van der Waals surface area contributed by atoms with Gasteiger partial charge in [-0.2, -0.15) is 0 Å². The minimum atomic E-state index is 0.655. The summed E-state index contributed by atoms with van der Waals surface area (Å²) in [5.74, 6) is 0. The molecular formula is C12H18ClNO. The summed E-state index contributed by atoms with van der Waals surface area (Å²) in [5, 5.41) is 0.807. The summed E-state index contributed by atoms with van der Waals surface area (Å²) < 4.78 is 5.52. The highest BCUT2D eigenvalue weighted by Crippen LogP contribution is 2.16. The summed E-state index contributed by atoms with van der Waals surface area (Å²) in [7, 11) is 0. The van der Waals surface area contributed by atoms with Gasteiger partial charge in [-0.15, -0.1) is 0 Å². The molecule has 0 fully saturated rings. The molecule has 0 heterocycles. The van der Waals surface area contributed by atoms with E-state index in [0.717, 1.165) is 36.6 Å². The molecular weight excluding hydrogens is 210 g/mol. The van der Waals surface area contributed by atoms with Crippen molar-refractivity contribution < 1.29 is 4.74 Å².